The fourth-order valence-corrected chi connectivity index (χ4v) is 2.17. The smallest absolute Gasteiger partial charge is 0.309 e. The summed E-state index contributed by atoms with van der Waals surface area (Å²) in [6, 6.07) is 0. The minimum Gasteiger partial charge on any atom is -0.465 e. The summed E-state index contributed by atoms with van der Waals surface area (Å²) < 4.78 is 5.23. The second-order valence-electron chi connectivity index (χ2n) is 7.12. The van der Waals surface area contributed by atoms with Crippen LogP contribution in [0, 0.1) is 5.41 Å². The van der Waals surface area contributed by atoms with Crippen molar-refractivity contribution in [3.63, 3.8) is 0 Å². The van der Waals surface area contributed by atoms with Crippen LogP contribution in [0.15, 0.2) is 12.2 Å². The van der Waals surface area contributed by atoms with Gasteiger partial charge in [-0.2, -0.15) is 0 Å². The van der Waals surface area contributed by atoms with Crippen LogP contribution in [0.1, 0.15) is 91.9 Å². The van der Waals surface area contributed by atoms with E-state index in [9.17, 15) is 4.79 Å². The fraction of sp³-hybridized carbons (Fsp3) is 0.842. The second kappa shape index (κ2) is 12.9. The van der Waals surface area contributed by atoms with Gasteiger partial charge in [0, 0.05) is 0 Å². The Morgan fingerprint density at radius 3 is 2.33 bits per heavy atom. The lowest BCUT2D eigenvalue weighted by molar-refractivity contribution is -0.142. The number of unbranched alkanes of at least 4 members (excludes halogenated alkanes) is 6. The number of esters is 1. The Labute approximate surface area is 132 Å². The van der Waals surface area contributed by atoms with Crippen LogP contribution >= 0.6 is 0 Å². The van der Waals surface area contributed by atoms with E-state index in [0.29, 0.717) is 18.4 Å². The summed E-state index contributed by atoms with van der Waals surface area (Å²) in [5.41, 5.74) is 0.379. The summed E-state index contributed by atoms with van der Waals surface area (Å²) in [6.07, 6.45) is 15.4. The average molecular weight is 296 g/mol. The van der Waals surface area contributed by atoms with Crippen molar-refractivity contribution in [1.29, 1.82) is 0 Å². The Morgan fingerprint density at radius 2 is 1.67 bits per heavy atom. The van der Waals surface area contributed by atoms with Crippen molar-refractivity contribution in [2.75, 3.05) is 6.61 Å². The van der Waals surface area contributed by atoms with E-state index < -0.39 is 0 Å². The van der Waals surface area contributed by atoms with Crippen molar-refractivity contribution in [2.45, 2.75) is 91.9 Å². The highest BCUT2D eigenvalue weighted by atomic mass is 16.5. The highest BCUT2D eigenvalue weighted by molar-refractivity contribution is 5.71. The van der Waals surface area contributed by atoms with Crippen LogP contribution in [0.4, 0.5) is 0 Å². The molecule has 21 heavy (non-hydrogen) atoms. The first-order valence-corrected chi connectivity index (χ1v) is 8.76. The summed E-state index contributed by atoms with van der Waals surface area (Å²) in [5, 5.41) is 0. The number of carbonyl (C=O) groups is 1. The van der Waals surface area contributed by atoms with Crippen molar-refractivity contribution in [3.8, 4) is 0 Å². The molecule has 0 heterocycles. The molecule has 0 fully saturated rings. The molecule has 0 saturated heterocycles. The summed E-state index contributed by atoms with van der Waals surface area (Å²) >= 11 is 0. The fourth-order valence-electron chi connectivity index (χ4n) is 2.17. The highest BCUT2D eigenvalue weighted by Crippen LogP contribution is 2.21. The third-order valence-corrected chi connectivity index (χ3v) is 3.51. The van der Waals surface area contributed by atoms with Gasteiger partial charge >= 0.3 is 5.97 Å². The molecule has 0 atom stereocenters. The van der Waals surface area contributed by atoms with Crippen molar-refractivity contribution in [1.82, 2.24) is 0 Å². The quantitative estimate of drug-likeness (QED) is 0.249. The monoisotopic (exact) mass is 296 g/mol. The number of hydrogen-bond acceptors (Lipinski definition) is 2. The number of ether oxygens (including phenoxy) is 1. The van der Waals surface area contributed by atoms with Gasteiger partial charge in [0.2, 0.25) is 0 Å². The summed E-state index contributed by atoms with van der Waals surface area (Å²) in [7, 11) is 0. The number of rotatable bonds is 12. The average Bonchev–Trinajstić information content (AvgIpc) is 2.40. The molecule has 0 spiro atoms. The summed E-state index contributed by atoms with van der Waals surface area (Å²) in [6.45, 7) is 9.53. The van der Waals surface area contributed by atoms with Crippen molar-refractivity contribution in [2.24, 2.45) is 5.41 Å². The van der Waals surface area contributed by atoms with Gasteiger partial charge in [-0.1, -0.05) is 65.5 Å². The molecule has 0 aromatic rings. The standard InChI is InChI=1S/C19H36O2/c1-5-6-7-8-9-10-11-12-15-18(20)21-17-14-13-16-19(2,3)4/h11-12H,5-10,13-17H2,1-4H3/b12-11-. The van der Waals surface area contributed by atoms with Crippen LogP contribution in [0.3, 0.4) is 0 Å². The highest BCUT2D eigenvalue weighted by Gasteiger charge is 2.09. The van der Waals surface area contributed by atoms with E-state index in [4.69, 9.17) is 4.74 Å². The molecule has 0 N–H and O–H groups in total. The minimum atomic E-state index is -0.0898. The molecule has 0 aromatic carbocycles. The molecular formula is C19H36O2. The van der Waals surface area contributed by atoms with Crippen LogP contribution < -0.4 is 0 Å². The summed E-state index contributed by atoms with van der Waals surface area (Å²) in [4.78, 5) is 11.5. The number of hydrogen-bond donors (Lipinski definition) is 0. The molecule has 0 aliphatic rings. The van der Waals surface area contributed by atoms with E-state index in [1.807, 2.05) is 6.08 Å². The zero-order valence-electron chi connectivity index (χ0n) is 14.7. The lowest BCUT2D eigenvalue weighted by Crippen LogP contribution is -2.07. The zero-order chi connectivity index (χ0) is 16.0. The topological polar surface area (TPSA) is 26.3 Å². The largest absolute Gasteiger partial charge is 0.465 e. The van der Waals surface area contributed by atoms with Crippen LogP contribution in [-0.4, -0.2) is 12.6 Å². The zero-order valence-corrected chi connectivity index (χ0v) is 14.7. The second-order valence-corrected chi connectivity index (χ2v) is 7.12. The van der Waals surface area contributed by atoms with Gasteiger partial charge in [-0.3, -0.25) is 4.79 Å². The lowest BCUT2D eigenvalue weighted by atomic mass is 9.90. The molecule has 0 aliphatic heterocycles. The lowest BCUT2D eigenvalue weighted by Gasteiger charge is -2.17. The first-order valence-electron chi connectivity index (χ1n) is 8.76. The Kier molecular flexibility index (Phi) is 12.4. The normalized spacial score (nSPS) is 12.0. The molecule has 0 saturated carbocycles. The minimum absolute atomic E-state index is 0.0898. The van der Waals surface area contributed by atoms with Crippen molar-refractivity contribution >= 4 is 5.97 Å². The maximum absolute atomic E-state index is 11.5. The third-order valence-electron chi connectivity index (χ3n) is 3.51. The van der Waals surface area contributed by atoms with Crippen LogP contribution in [0.2, 0.25) is 0 Å². The Hall–Kier alpha value is -0.790. The molecule has 0 radical (unpaired) electrons. The Bertz CT molecular complexity index is 274. The maximum Gasteiger partial charge on any atom is 0.309 e. The van der Waals surface area contributed by atoms with E-state index in [0.717, 1.165) is 19.3 Å². The molecule has 2 heteroatoms. The molecule has 0 aliphatic carbocycles. The Morgan fingerprint density at radius 1 is 0.952 bits per heavy atom. The van der Waals surface area contributed by atoms with Gasteiger partial charge in [0.15, 0.2) is 0 Å². The van der Waals surface area contributed by atoms with Crippen molar-refractivity contribution in [3.05, 3.63) is 12.2 Å². The van der Waals surface area contributed by atoms with Gasteiger partial charge in [-0.15, -0.1) is 0 Å². The van der Waals surface area contributed by atoms with Gasteiger partial charge in [-0.05, 0) is 37.5 Å². The van der Waals surface area contributed by atoms with Crippen LogP contribution in [0.25, 0.3) is 0 Å². The van der Waals surface area contributed by atoms with Gasteiger partial charge in [0.25, 0.3) is 0 Å². The summed E-state index contributed by atoms with van der Waals surface area (Å²) in [5.74, 6) is -0.0898. The molecule has 0 bridgehead atoms. The number of allylic oxidation sites excluding steroid dienone is 1. The first kappa shape index (κ1) is 20.2. The van der Waals surface area contributed by atoms with Gasteiger partial charge in [-0.25, -0.2) is 0 Å². The van der Waals surface area contributed by atoms with E-state index in [1.54, 1.807) is 0 Å². The van der Waals surface area contributed by atoms with E-state index in [1.165, 1.54) is 38.5 Å². The van der Waals surface area contributed by atoms with E-state index in [-0.39, 0.29) is 5.97 Å². The molecule has 0 aromatic heterocycles. The van der Waals surface area contributed by atoms with E-state index in [2.05, 4.69) is 33.8 Å². The molecule has 0 unspecified atom stereocenters. The Balaban J connectivity index is 3.37. The molecule has 124 valence electrons. The molecule has 0 rings (SSSR count). The van der Waals surface area contributed by atoms with Gasteiger partial charge in [0.1, 0.15) is 0 Å². The molecule has 2 nitrogen and oxygen atoms in total. The van der Waals surface area contributed by atoms with Crippen LogP contribution in [0.5, 0.6) is 0 Å². The molecule has 0 amide bonds. The number of carbonyl (C=O) groups excluding carboxylic acids is 1. The SMILES string of the molecule is CCCCCCC/C=C\CC(=O)OCCCCC(C)(C)C. The predicted octanol–water partition coefficient (Wildman–Crippen LogP) is 6.05. The van der Waals surface area contributed by atoms with Crippen LogP contribution in [-0.2, 0) is 9.53 Å². The first-order chi connectivity index (χ1) is 9.95. The van der Waals surface area contributed by atoms with Gasteiger partial charge in [0.05, 0.1) is 13.0 Å². The molecular weight excluding hydrogens is 260 g/mol. The van der Waals surface area contributed by atoms with Gasteiger partial charge < -0.3 is 4.74 Å². The predicted molar refractivity (Wildman–Crippen MR) is 91.4 cm³/mol. The van der Waals surface area contributed by atoms with E-state index >= 15 is 0 Å². The third kappa shape index (κ3) is 17.2. The maximum atomic E-state index is 11.5. The van der Waals surface area contributed by atoms with Crippen molar-refractivity contribution < 1.29 is 9.53 Å².